The molecule has 0 bridgehead atoms. The summed E-state index contributed by atoms with van der Waals surface area (Å²) in [5, 5.41) is 12.6. The van der Waals surface area contributed by atoms with Crippen molar-refractivity contribution < 1.29 is 0 Å². The van der Waals surface area contributed by atoms with E-state index >= 15 is 0 Å². The molecule has 0 saturated heterocycles. The lowest BCUT2D eigenvalue weighted by Crippen LogP contribution is -2.44. The van der Waals surface area contributed by atoms with Gasteiger partial charge in [-0.15, -0.1) is 11.8 Å². The summed E-state index contributed by atoms with van der Waals surface area (Å²) in [6.45, 7) is 8.28. The zero-order chi connectivity index (χ0) is 15.0. The molecule has 3 heteroatoms. The minimum absolute atomic E-state index is 0.349. The van der Waals surface area contributed by atoms with Gasteiger partial charge in [0, 0.05) is 10.9 Å². The maximum absolute atomic E-state index is 9.28. The van der Waals surface area contributed by atoms with Crippen LogP contribution in [0.5, 0.6) is 0 Å². The third-order valence-electron chi connectivity index (χ3n) is 3.21. The van der Waals surface area contributed by atoms with Crippen molar-refractivity contribution in [1.82, 2.24) is 5.32 Å². The third-order valence-corrected chi connectivity index (χ3v) is 4.31. The molecule has 0 aliphatic heterocycles. The van der Waals surface area contributed by atoms with Gasteiger partial charge in [-0.3, -0.25) is 5.32 Å². The first kappa shape index (κ1) is 17.1. The first-order valence-electron chi connectivity index (χ1n) is 7.33. The SMILES string of the molecule is Cc1ccc(SCCCCC(C)(C#N)NC(C)C)cc1. The highest BCUT2D eigenvalue weighted by atomic mass is 32.2. The predicted octanol–water partition coefficient (Wildman–Crippen LogP) is 4.54. The average molecular weight is 290 g/mol. The summed E-state index contributed by atoms with van der Waals surface area (Å²) in [7, 11) is 0. The number of rotatable bonds is 8. The Balaban J connectivity index is 2.24. The lowest BCUT2D eigenvalue weighted by molar-refractivity contribution is 0.372. The molecule has 110 valence electrons. The Morgan fingerprint density at radius 2 is 1.90 bits per heavy atom. The minimum Gasteiger partial charge on any atom is -0.297 e. The fourth-order valence-corrected chi connectivity index (χ4v) is 3.12. The first-order chi connectivity index (χ1) is 9.45. The van der Waals surface area contributed by atoms with Crippen molar-refractivity contribution in [2.75, 3.05) is 5.75 Å². The molecule has 1 aromatic rings. The van der Waals surface area contributed by atoms with Crippen LogP contribution in [0.1, 0.15) is 45.6 Å². The van der Waals surface area contributed by atoms with E-state index in [1.165, 1.54) is 10.5 Å². The summed E-state index contributed by atoms with van der Waals surface area (Å²) in [5.74, 6) is 1.12. The van der Waals surface area contributed by atoms with E-state index in [-0.39, 0.29) is 5.54 Å². The number of unbranched alkanes of at least 4 members (excludes halogenated alkanes) is 1. The van der Waals surface area contributed by atoms with Gasteiger partial charge in [0.25, 0.3) is 0 Å². The number of nitriles is 1. The Bertz CT molecular complexity index is 433. The molecule has 1 rings (SSSR count). The highest BCUT2D eigenvalue weighted by Gasteiger charge is 2.23. The van der Waals surface area contributed by atoms with Gasteiger partial charge in [-0.25, -0.2) is 0 Å². The van der Waals surface area contributed by atoms with Crippen LogP contribution in [0.3, 0.4) is 0 Å². The van der Waals surface area contributed by atoms with Crippen LogP contribution in [0.25, 0.3) is 0 Å². The smallest absolute Gasteiger partial charge is 0.104 e. The molecular formula is C17H26N2S. The molecule has 0 aliphatic rings. The van der Waals surface area contributed by atoms with E-state index in [0.717, 1.165) is 25.0 Å². The highest BCUT2D eigenvalue weighted by molar-refractivity contribution is 7.99. The number of aryl methyl sites for hydroxylation is 1. The van der Waals surface area contributed by atoms with Crippen LogP contribution in [-0.2, 0) is 0 Å². The van der Waals surface area contributed by atoms with E-state index in [2.05, 4.69) is 56.4 Å². The van der Waals surface area contributed by atoms with Crippen LogP contribution in [0.4, 0.5) is 0 Å². The Kier molecular flexibility index (Phi) is 7.12. The minimum atomic E-state index is -0.386. The number of hydrogen-bond acceptors (Lipinski definition) is 3. The van der Waals surface area contributed by atoms with Crippen LogP contribution in [0, 0.1) is 18.3 Å². The van der Waals surface area contributed by atoms with Gasteiger partial charge in [0.2, 0.25) is 0 Å². The molecule has 0 amide bonds. The second-order valence-electron chi connectivity index (χ2n) is 5.86. The summed E-state index contributed by atoms with van der Waals surface area (Å²) >= 11 is 1.90. The Labute approximate surface area is 128 Å². The largest absolute Gasteiger partial charge is 0.297 e. The molecule has 20 heavy (non-hydrogen) atoms. The van der Waals surface area contributed by atoms with Crippen molar-refractivity contribution in [2.24, 2.45) is 0 Å². The van der Waals surface area contributed by atoms with E-state index in [9.17, 15) is 5.26 Å². The fraction of sp³-hybridized carbons (Fsp3) is 0.588. The molecule has 1 unspecified atom stereocenters. The fourth-order valence-electron chi connectivity index (χ4n) is 2.20. The van der Waals surface area contributed by atoms with Crippen molar-refractivity contribution in [3.8, 4) is 6.07 Å². The lowest BCUT2D eigenvalue weighted by Gasteiger charge is -2.25. The van der Waals surface area contributed by atoms with Crippen molar-refractivity contribution >= 4 is 11.8 Å². The van der Waals surface area contributed by atoms with Crippen LogP contribution in [0.15, 0.2) is 29.2 Å². The second kappa shape index (κ2) is 8.34. The quantitative estimate of drug-likeness (QED) is 0.564. The second-order valence-corrected chi connectivity index (χ2v) is 7.03. The average Bonchev–Trinajstić information content (AvgIpc) is 2.40. The lowest BCUT2D eigenvalue weighted by atomic mass is 9.96. The Morgan fingerprint density at radius 1 is 1.25 bits per heavy atom. The van der Waals surface area contributed by atoms with Crippen molar-refractivity contribution in [1.29, 1.82) is 5.26 Å². The van der Waals surface area contributed by atoms with Gasteiger partial charge < -0.3 is 0 Å². The summed E-state index contributed by atoms with van der Waals surface area (Å²) < 4.78 is 0. The molecule has 0 spiro atoms. The van der Waals surface area contributed by atoms with E-state index in [4.69, 9.17) is 0 Å². The first-order valence-corrected chi connectivity index (χ1v) is 8.32. The van der Waals surface area contributed by atoms with E-state index < -0.39 is 0 Å². The van der Waals surface area contributed by atoms with Gasteiger partial charge >= 0.3 is 0 Å². The highest BCUT2D eigenvalue weighted by Crippen LogP contribution is 2.21. The molecule has 0 aliphatic carbocycles. The van der Waals surface area contributed by atoms with Crippen LogP contribution in [-0.4, -0.2) is 17.3 Å². The molecule has 1 N–H and O–H groups in total. The number of nitrogens with one attached hydrogen (secondary N) is 1. The van der Waals surface area contributed by atoms with Gasteiger partial charge in [-0.05, 0) is 64.8 Å². The molecule has 0 saturated carbocycles. The maximum atomic E-state index is 9.28. The molecule has 1 aromatic carbocycles. The molecule has 0 aromatic heterocycles. The number of hydrogen-bond donors (Lipinski definition) is 1. The van der Waals surface area contributed by atoms with Crippen molar-refractivity contribution in [2.45, 2.75) is 63.4 Å². The van der Waals surface area contributed by atoms with Crippen LogP contribution < -0.4 is 5.32 Å². The van der Waals surface area contributed by atoms with Gasteiger partial charge in [0.1, 0.15) is 5.54 Å². The van der Waals surface area contributed by atoms with Gasteiger partial charge in [0.15, 0.2) is 0 Å². The Hall–Kier alpha value is -0.980. The molecule has 0 radical (unpaired) electrons. The van der Waals surface area contributed by atoms with Gasteiger partial charge in [-0.2, -0.15) is 5.26 Å². The van der Waals surface area contributed by atoms with E-state index in [1.807, 2.05) is 18.7 Å². The number of thioether (sulfide) groups is 1. The zero-order valence-electron chi connectivity index (χ0n) is 13.1. The summed E-state index contributed by atoms with van der Waals surface area (Å²) in [6.07, 6.45) is 3.15. The molecule has 2 nitrogen and oxygen atoms in total. The van der Waals surface area contributed by atoms with Crippen LogP contribution >= 0.6 is 11.8 Å². The standard InChI is InChI=1S/C17H26N2S/c1-14(2)19-17(4,13-18)11-5-6-12-20-16-9-7-15(3)8-10-16/h7-10,14,19H,5-6,11-12H2,1-4H3. The van der Waals surface area contributed by atoms with Crippen molar-refractivity contribution in [3.63, 3.8) is 0 Å². The number of benzene rings is 1. The van der Waals surface area contributed by atoms with Gasteiger partial charge in [0.05, 0.1) is 6.07 Å². The number of nitrogens with zero attached hydrogens (tertiary/aromatic N) is 1. The third kappa shape index (κ3) is 6.45. The van der Waals surface area contributed by atoms with E-state index in [1.54, 1.807) is 0 Å². The molecule has 0 fully saturated rings. The molecule has 0 heterocycles. The maximum Gasteiger partial charge on any atom is 0.104 e. The molecular weight excluding hydrogens is 264 g/mol. The normalized spacial score (nSPS) is 14.0. The van der Waals surface area contributed by atoms with E-state index in [0.29, 0.717) is 6.04 Å². The van der Waals surface area contributed by atoms with Crippen molar-refractivity contribution in [3.05, 3.63) is 29.8 Å². The summed E-state index contributed by atoms with van der Waals surface area (Å²) in [6, 6.07) is 11.4. The predicted molar refractivity (Wildman–Crippen MR) is 88.0 cm³/mol. The summed E-state index contributed by atoms with van der Waals surface area (Å²) in [5.41, 5.74) is 0.918. The topological polar surface area (TPSA) is 35.8 Å². The molecule has 1 atom stereocenters. The van der Waals surface area contributed by atoms with Crippen LogP contribution in [0.2, 0.25) is 0 Å². The summed E-state index contributed by atoms with van der Waals surface area (Å²) in [4.78, 5) is 1.33. The van der Waals surface area contributed by atoms with Gasteiger partial charge in [-0.1, -0.05) is 17.7 Å². The zero-order valence-corrected chi connectivity index (χ0v) is 13.9. The Morgan fingerprint density at radius 3 is 2.45 bits per heavy atom. The monoisotopic (exact) mass is 290 g/mol.